The lowest BCUT2D eigenvalue weighted by Gasteiger charge is -2.05. The molecule has 4 nitrogen and oxygen atoms in total. The third-order valence-electron chi connectivity index (χ3n) is 4.28. The van der Waals surface area contributed by atoms with Crippen LogP contribution in [0.1, 0.15) is 12.5 Å². The van der Waals surface area contributed by atoms with Crippen molar-refractivity contribution >= 4 is 5.65 Å². The third kappa shape index (κ3) is 2.74. The van der Waals surface area contributed by atoms with Crippen molar-refractivity contribution in [2.75, 3.05) is 0 Å². The van der Waals surface area contributed by atoms with E-state index >= 15 is 0 Å². The van der Waals surface area contributed by atoms with Crippen molar-refractivity contribution in [1.82, 2.24) is 14.0 Å². The van der Waals surface area contributed by atoms with Crippen molar-refractivity contribution in [3.63, 3.8) is 0 Å². The number of fused-ring (bicyclic) bond motifs is 1. The summed E-state index contributed by atoms with van der Waals surface area (Å²) in [6, 6.07) is 14.0. The number of aromatic nitrogens is 3. The highest BCUT2D eigenvalue weighted by molar-refractivity contribution is 5.62. The van der Waals surface area contributed by atoms with Gasteiger partial charge in [-0.15, -0.1) is 0 Å². The number of aryl methyl sites for hydroxylation is 1. The molecule has 124 valence electrons. The SMILES string of the molecule is CCc1ccc(-c2cn3ccn(-c4ccc(F)cc4)c(=O)c3n2)cc1. The van der Waals surface area contributed by atoms with E-state index in [0.717, 1.165) is 17.7 Å². The summed E-state index contributed by atoms with van der Waals surface area (Å²) in [5.74, 6) is -0.337. The lowest BCUT2D eigenvalue weighted by atomic mass is 10.1. The molecule has 2 aromatic heterocycles. The summed E-state index contributed by atoms with van der Waals surface area (Å²) in [4.78, 5) is 17.2. The van der Waals surface area contributed by atoms with Gasteiger partial charge < -0.3 is 4.40 Å². The minimum Gasteiger partial charge on any atom is -0.300 e. The van der Waals surface area contributed by atoms with E-state index in [-0.39, 0.29) is 11.4 Å². The molecule has 0 fully saturated rings. The van der Waals surface area contributed by atoms with E-state index in [9.17, 15) is 9.18 Å². The van der Waals surface area contributed by atoms with Crippen LogP contribution in [0.15, 0.2) is 71.9 Å². The number of rotatable bonds is 3. The molecule has 0 aliphatic heterocycles. The Morgan fingerprint density at radius 1 is 1.00 bits per heavy atom. The molecular formula is C20H16FN3O. The fourth-order valence-corrected chi connectivity index (χ4v) is 2.83. The van der Waals surface area contributed by atoms with Crippen LogP contribution in [0.4, 0.5) is 4.39 Å². The second-order valence-electron chi connectivity index (χ2n) is 5.86. The summed E-state index contributed by atoms with van der Waals surface area (Å²) < 4.78 is 16.3. The predicted molar refractivity (Wildman–Crippen MR) is 95.6 cm³/mol. The summed E-state index contributed by atoms with van der Waals surface area (Å²) in [6.07, 6.45) is 6.26. The average molecular weight is 333 g/mol. The van der Waals surface area contributed by atoms with Crippen LogP contribution in [0.2, 0.25) is 0 Å². The van der Waals surface area contributed by atoms with Crippen LogP contribution in [-0.2, 0) is 6.42 Å². The first-order valence-electron chi connectivity index (χ1n) is 8.11. The lowest BCUT2D eigenvalue weighted by Crippen LogP contribution is -2.19. The molecule has 0 atom stereocenters. The Bertz CT molecular complexity index is 1090. The monoisotopic (exact) mass is 333 g/mol. The highest BCUT2D eigenvalue weighted by Crippen LogP contribution is 2.19. The van der Waals surface area contributed by atoms with E-state index in [4.69, 9.17) is 0 Å². The van der Waals surface area contributed by atoms with Gasteiger partial charge in [-0.3, -0.25) is 9.36 Å². The Morgan fingerprint density at radius 3 is 2.40 bits per heavy atom. The van der Waals surface area contributed by atoms with Gasteiger partial charge in [-0.1, -0.05) is 31.2 Å². The zero-order valence-corrected chi connectivity index (χ0v) is 13.7. The van der Waals surface area contributed by atoms with Crippen molar-refractivity contribution in [3.05, 3.63) is 88.9 Å². The van der Waals surface area contributed by atoms with Crippen molar-refractivity contribution < 1.29 is 4.39 Å². The number of nitrogens with zero attached hydrogens (tertiary/aromatic N) is 3. The van der Waals surface area contributed by atoms with Gasteiger partial charge in [-0.05, 0) is 36.2 Å². The first-order valence-corrected chi connectivity index (χ1v) is 8.11. The highest BCUT2D eigenvalue weighted by atomic mass is 19.1. The van der Waals surface area contributed by atoms with Gasteiger partial charge in [0.15, 0.2) is 0 Å². The molecule has 2 aromatic carbocycles. The maximum Gasteiger partial charge on any atom is 0.298 e. The van der Waals surface area contributed by atoms with Gasteiger partial charge in [0.05, 0.1) is 5.69 Å². The fraction of sp³-hybridized carbons (Fsp3) is 0.100. The molecule has 0 amide bonds. The quantitative estimate of drug-likeness (QED) is 0.571. The topological polar surface area (TPSA) is 39.3 Å². The minimum absolute atomic E-state index is 0.245. The summed E-state index contributed by atoms with van der Waals surface area (Å²) in [5.41, 5.74) is 3.66. The maximum atomic E-state index is 13.1. The van der Waals surface area contributed by atoms with E-state index in [0.29, 0.717) is 11.3 Å². The Balaban J connectivity index is 1.82. The molecule has 2 heterocycles. The standard InChI is InChI=1S/C20H16FN3O/c1-2-14-3-5-15(6-4-14)18-13-23-11-12-24(20(25)19(23)22-18)17-9-7-16(21)8-10-17/h3-13H,2H2,1H3. The summed E-state index contributed by atoms with van der Waals surface area (Å²) in [6.45, 7) is 2.11. The molecule has 4 aromatic rings. The Labute approximate surface area is 143 Å². The van der Waals surface area contributed by atoms with Gasteiger partial charge in [-0.2, -0.15) is 0 Å². The molecule has 0 radical (unpaired) electrons. The van der Waals surface area contributed by atoms with Gasteiger partial charge in [0.2, 0.25) is 5.65 Å². The number of halogens is 1. The van der Waals surface area contributed by atoms with Crippen LogP contribution in [0.5, 0.6) is 0 Å². The highest BCUT2D eigenvalue weighted by Gasteiger charge is 2.10. The first-order chi connectivity index (χ1) is 12.2. The van der Waals surface area contributed by atoms with Gasteiger partial charge in [0, 0.05) is 29.8 Å². The van der Waals surface area contributed by atoms with Gasteiger partial charge in [0.1, 0.15) is 5.82 Å². The summed E-state index contributed by atoms with van der Waals surface area (Å²) >= 11 is 0. The number of hydrogen-bond acceptors (Lipinski definition) is 2. The van der Waals surface area contributed by atoms with Crippen LogP contribution in [0, 0.1) is 5.82 Å². The average Bonchev–Trinajstić information content (AvgIpc) is 3.08. The van der Waals surface area contributed by atoms with E-state index in [1.807, 2.05) is 18.3 Å². The van der Waals surface area contributed by atoms with Crippen LogP contribution >= 0.6 is 0 Å². The molecule has 0 saturated carbocycles. The minimum atomic E-state index is -0.337. The Kier molecular flexibility index (Phi) is 3.69. The number of hydrogen-bond donors (Lipinski definition) is 0. The van der Waals surface area contributed by atoms with E-state index < -0.39 is 0 Å². The molecule has 0 N–H and O–H groups in total. The van der Waals surface area contributed by atoms with Crippen LogP contribution in [0.3, 0.4) is 0 Å². The Morgan fingerprint density at radius 2 is 1.72 bits per heavy atom. The molecular weight excluding hydrogens is 317 g/mol. The normalized spacial score (nSPS) is 11.1. The zero-order chi connectivity index (χ0) is 17.4. The molecule has 0 aliphatic carbocycles. The van der Waals surface area contributed by atoms with Gasteiger partial charge in [0.25, 0.3) is 5.56 Å². The molecule has 0 saturated heterocycles. The van der Waals surface area contributed by atoms with Gasteiger partial charge in [-0.25, -0.2) is 9.37 Å². The molecule has 25 heavy (non-hydrogen) atoms. The van der Waals surface area contributed by atoms with E-state index in [1.54, 1.807) is 28.9 Å². The number of imidazole rings is 1. The van der Waals surface area contributed by atoms with E-state index in [1.165, 1.54) is 22.3 Å². The smallest absolute Gasteiger partial charge is 0.298 e. The molecule has 4 rings (SSSR count). The largest absolute Gasteiger partial charge is 0.300 e. The zero-order valence-electron chi connectivity index (χ0n) is 13.7. The van der Waals surface area contributed by atoms with Gasteiger partial charge >= 0.3 is 0 Å². The molecule has 0 bridgehead atoms. The van der Waals surface area contributed by atoms with E-state index in [2.05, 4.69) is 24.0 Å². The summed E-state index contributed by atoms with van der Waals surface area (Å²) in [7, 11) is 0. The van der Waals surface area contributed by atoms with Crippen molar-refractivity contribution in [3.8, 4) is 16.9 Å². The molecule has 0 aliphatic rings. The van der Waals surface area contributed by atoms with Crippen molar-refractivity contribution in [1.29, 1.82) is 0 Å². The van der Waals surface area contributed by atoms with Crippen molar-refractivity contribution in [2.24, 2.45) is 0 Å². The maximum absolute atomic E-state index is 13.1. The predicted octanol–water partition coefficient (Wildman–Crippen LogP) is 3.85. The third-order valence-corrected chi connectivity index (χ3v) is 4.28. The molecule has 5 heteroatoms. The van der Waals surface area contributed by atoms with Crippen molar-refractivity contribution in [2.45, 2.75) is 13.3 Å². The molecule has 0 spiro atoms. The second kappa shape index (κ2) is 6.02. The number of benzene rings is 2. The summed E-state index contributed by atoms with van der Waals surface area (Å²) in [5, 5.41) is 0. The first kappa shape index (κ1) is 15.3. The van der Waals surface area contributed by atoms with Crippen LogP contribution < -0.4 is 5.56 Å². The Hall–Kier alpha value is -3.21. The second-order valence-corrected chi connectivity index (χ2v) is 5.86. The molecule has 0 unspecified atom stereocenters. The fourth-order valence-electron chi connectivity index (χ4n) is 2.83. The van der Waals surface area contributed by atoms with Crippen LogP contribution in [-0.4, -0.2) is 14.0 Å². The van der Waals surface area contributed by atoms with Crippen LogP contribution in [0.25, 0.3) is 22.6 Å². The lowest BCUT2D eigenvalue weighted by molar-refractivity contribution is 0.627.